The molecule has 4 nitrogen and oxygen atoms in total. The van der Waals surface area contributed by atoms with Crippen molar-refractivity contribution in [3.8, 4) is 12.3 Å². The fourth-order valence-corrected chi connectivity index (χ4v) is 2.25. The van der Waals surface area contributed by atoms with Crippen LogP contribution in [0, 0.1) is 18.2 Å². The highest BCUT2D eigenvalue weighted by Gasteiger charge is 2.12. The van der Waals surface area contributed by atoms with Crippen molar-refractivity contribution in [2.24, 2.45) is 0 Å². The smallest absolute Gasteiger partial charge is 0.284 e. The van der Waals surface area contributed by atoms with Gasteiger partial charge in [0, 0.05) is 6.04 Å². The first-order valence-electron chi connectivity index (χ1n) is 6.24. The van der Waals surface area contributed by atoms with Gasteiger partial charge in [-0.15, -0.1) is 6.42 Å². The summed E-state index contributed by atoms with van der Waals surface area (Å²) in [4.78, 5) is 12.0. The maximum absolute atomic E-state index is 12.9. The van der Waals surface area contributed by atoms with Gasteiger partial charge in [-0.05, 0) is 40.5 Å². The Morgan fingerprint density at radius 2 is 2.14 bits per heavy atom. The topological polar surface area (TPSA) is 46.9 Å². The average molecular weight is 350 g/mol. The van der Waals surface area contributed by atoms with Crippen LogP contribution in [-0.4, -0.2) is 9.78 Å². The third-order valence-electron chi connectivity index (χ3n) is 2.97. The largest absolute Gasteiger partial charge is 0.376 e. The van der Waals surface area contributed by atoms with Crippen molar-refractivity contribution < 1.29 is 4.39 Å². The first kappa shape index (κ1) is 15.3. The molecule has 1 aromatic carbocycles. The fourth-order valence-electron chi connectivity index (χ4n) is 1.83. The van der Waals surface area contributed by atoms with E-state index in [-0.39, 0.29) is 24.0 Å². The molecule has 1 heterocycles. The summed E-state index contributed by atoms with van der Waals surface area (Å²) in [5.41, 5.74) is 1.16. The van der Waals surface area contributed by atoms with E-state index in [1.165, 1.54) is 23.0 Å². The van der Waals surface area contributed by atoms with Gasteiger partial charge >= 0.3 is 0 Å². The van der Waals surface area contributed by atoms with Crippen molar-refractivity contribution in [1.82, 2.24) is 9.78 Å². The van der Waals surface area contributed by atoms with Crippen LogP contribution in [0.1, 0.15) is 18.5 Å². The van der Waals surface area contributed by atoms with Crippen molar-refractivity contribution in [2.45, 2.75) is 19.5 Å². The molecule has 0 radical (unpaired) electrons. The molecule has 0 fully saturated rings. The molecule has 0 aliphatic rings. The Morgan fingerprint density at radius 1 is 1.48 bits per heavy atom. The number of nitrogens with one attached hydrogen (secondary N) is 1. The van der Waals surface area contributed by atoms with Gasteiger partial charge in [0.15, 0.2) is 0 Å². The molecule has 6 heteroatoms. The van der Waals surface area contributed by atoms with E-state index in [1.54, 1.807) is 12.1 Å². The van der Waals surface area contributed by atoms with Crippen molar-refractivity contribution in [3.05, 3.63) is 56.7 Å². The molecule has 0 amide bonds. The average Bonchev–Trinajstić information content (AvgIpc) is 2.47. The van der Waals surface area contributed by atoms with Crippen molar-refractivity contribution in [2.75, 3.05) is 5.32 Å². The zero-order valence-corrected chi connectivity index (χ0v) is 12.9. The number of rotatable bonds is 4. The van der Waals surface area contributed by atoms with E-state index < -0.39 is 0 Å². The minimum Gasteiger partial charge on any atom is -0.376 e. The highest BCUT2D eigenvalue weighted by atomic mass is 79.9. The summed E-state index contributed by atoms with van der Waals surface area (Å²) < 4.78 is 14.5. The van der Waals surface area contributed by atoms with E-state index in [1.807, 2.05) is 6.92 Å². The fraction of sp³-hybridized carbons (Fsp3) is 0.200. The van der Waals surface area contributed by atoms with Gasteiger partial charge in [-0.1, -0.05) is 18.1 Å². The molecule has 0 aliphatic carbocycles. The number of hydrogen-bond donors (Lipinski definition) is 1. The quantitative estimate of drug-likeness (QED) is 0.863. The van der Waals surface area contributed by atoms with Gasteiger partial charge in [0.25, 0.3) is 5.56 Å². The second-order valence-electron chi connectivity index (χ2n) is 4.46. The molecule has 21 heavy (non-hydrogen) atoms. The van der Waals surface area contributed by atoms with Gasteiger partial charge in [-0.2, -0.15) is 5.10 Å². The lowest BCUT2D eigenvalue weighted by Gasteiger charge is -2.16. The Balaban J connectivity index is 2.24. The molecule has 0 aliphatic heterocycles. The minimum atomic E-state index is -0.302. The van der Waals surface area contributed by atoms with E-state index in [4.69, 9.17) is 6.42 Å². The SMILES string of the molecule is C#CCn1ncc(NC(C)c2ccc(F)cc2)c(Br)c1=O. The predicted molar refractivity (Wildman–Crippen MR) is 83.5 cm³/mol. The van der Waals surface area contributed by atoms with E-state index in [2.05, 4.69) is 32.3 Å². The molecule has 1 N–H and O–H groups in total. The lowest BCUT2D eigenvalue weighted by molar-refractivity contribution is 0.626. The van der Waals surface area contributed by atoms with Crippen molar-refractivity contribution in [1.29, 1.82) is 0 Å². The number of halogens is 2. The number of anilines is 1. The molecule has 0 spiro atoms. The van der Waals surface area contributed by atoms with Gasteiger partial charge in [0.05, 0.1) is 11.9 Å². The van der Waals surface area contributed by atoms with Crippen LogP contribution in [0.2, 0.25) is 0 Å². The Labute approximate surface area is 130 Å². The molecule has 0 saturated heterocycles. The van der Waals surface area contributed by atoms with E-state index >= 15 is 0 Å². The molecule has 0 saturated carbocycles. The van der Waals surface area contributed by atoms with Crippen LogP contribution in [0.25, 0.3) is 0 Å². The molecule has 1 unspecified atom stereocenters. The van der Waals surface area contributed by atoms with Crippen LogP contribution in [0.15, 0.2) is 39.7 Å². The molecular weight excluding hydrogens is 337 g/mol. The molecule has 108 valence electrons. The Kier molecular flexibility index (Phi) is 4.76. The highest BCUT2D eigenvalue weighted by Crippen LogP contribution is 2.23. The third kappa shape index (κ3) is 3.50. The Hall–Kier alpha value is -2.13. The summed E-state index contributed by atoms with van der Waals surface area (Å²) in [7, 11) is 0. The number of hydrogen-bond acceptors (Lipinski definition) is 3. The zero-order chi connectivity index (χ0) is 15.4. The van der Waals surface area contributed by atoms with E-state index in [0.717, 1.165) is 5.56 Å². The monoisotopic (exact) mass is 349 g/mol. The number of terminal acetylenes is 1. The highest BCUT2D eigenvalue weighted by molar-refractivity contribution is 9.10. The second-order valence-corrected chi connectivity index (χ2v) is 5.25. The molecule has 2 rings (SSSR count). The molecule has 2 aromatic rings. The summed E-state index contributed by atoms with van der Waals surface area (Å²) in [5.74, 6) is 2.08. The van der Waals surface area contributed by atoms with E-state index in [9.17, 15) is 9.18 Å². The van der Waals surface area contributed by atoms with E-state index in [0.29, 0.717) is 10.2 Å². The lowest BCUT2D eigenvalue weighted by Crippen LogP contribution is -2.24. The van der Waals surface area contributed by atoms with Crippen LogP contribution in [0.3, 0.4) is 0 Å². The summed E-state index contributed by atoms with van der Waals surface area (Å²) in [6.45, 7) is 2.03. The van der Waals surface area contributed by atoms with Crippen LogP contribution in [-0.2, 0) is 6.54 Å². The molecular formula is C15H13BrFN3O. The van der Waals surface area contributed by atoms with Gasteiger partial charge in [0.2, 0.25) is 0 Å². The Bertz CT molecular complexity index is 734. The normalized spacial score (nSPS) is 11.7. The molecule has 1 atom stereocenters. The van der Waals surface area contributed by atoms with Gasteiger partial charge in [-0.25, -0.2) is 9.07 Å². The van der Waals surface area contributed by atoms with Crippen LogP contribution < -0.4 is 10.9 Å². The summed E-state index contributed by atoms with van der Waals surface area (Å²) in [6.07, 6.45) is 6.71. The second kappa shape index (κ2) is 6.55. The van der Waals surface area contributed by atoms with Crippen LogP contribution in [0.4, 0.5) is 10.1 Å². The Morgan fingerprint density at radius 3 is 2.76 bits per heavy atom. The maximum atomic E-state index is 12.9. The van der Waals surface area contributed by atoms with Crippen molar-refractivity contribution >= 4 is 21.6 Å². The van der Waals surface area contributed by atoms with Gasteiger partial charge < -0.3 is 5.32 Å². The number of nitrogens with zero attached hydrogens (tertiary/aromatic N) is 2. The number of benzene rings is 1. The first-order chi connectivity index (χ1) is 10.0. The lowest BCUT2D eigenvalue weighted by atomic mass is 10.1. The zero-order valence-electron chi connectivity index (χ0n) is 11.3. The third-order valence-corrected chi connectivity index (χ3v) is 3.73. The van der Waals surface area contributed by atoms with Crippen molar-refractivity contribution in [3.63, 3.8) is 0 Å². The summed E-state index contributed by atoms with van der Waals surface area (Å²) in [6, 6.07) is 6.06. The van der Waals surface area contributed by atoms with Gasteiger partial charge in [-0.3, -0.25) is 4.79 Å². The first-order valence-corrected chi connectivity index (χ1v) is 7.03. The van der Waals surface area contributed by atoms with Crippen LogP contribution in [0.5, 0.6) is 0 Å². The predicted octanol–water partition coefficient (Wildman–Crippen LogP) is 2.95. The molecule has 0 bridgehead atoms. The standard InChI is InChI=1S/C15H13BrFN3O/c1-3-8-20-15(21)14(16)13(9-18-20)19-10(2)11-4-6-12(17)7-5-11/h1,4-7,9-10,19H,8H2,2H3. The maximum Gasteiger partial charge on any atom is 0.284 e. The minimum absolute atomic E-state index is 0.105. The summed E-state index contributed by atoms with van der Waals surface area (Å²) in [5, 5.41) is 7.16. The number of aromatic nitrogens is 2. The van der Waals surface area contributed by atoms with Gasteiger partial charge in [0.1, 0.15) is 16.8 Å². The summed E-state index contributed by atoms with van der Waals surface area (Å²) >= 11 is 3.25. The van der Waals surface area contributed by atoms with Crippen LogP contribution >= 0.6 is 15.9 Å². The molecule has 1 aromatic heterocycles.